The average molecular weight is 347 g/mol. The molecule has 0 saturated carbocycles. The van der Waals surface area contributed by atoms with E-state index in [9.17, 15) is 9.59 Å². The SMILES string of the molecule is CCCNC(=O)NC(=O)CSc1nncn1-c1ccc(C)cc1C. The fraction of sp³-hybridized carbons (Fsp3) is 0.375. The van der Waals surface area contributed by atoms with Gasteiger partial charge in [-0.15, -0.1) is 10.2 Å². The molecule has 0 aliphatic carbocycles. The van der Waals surface area contributed by atoms with Crippen molar-refractivity contribution < 1.29 is 9.59 Å². The van der Waals surface area contributed by atoms with Gasteiger partial charge in [0.25, 0.3) is 0 Å². The van der Waals surface area contributed by atoms with Crippen molar-refractivity contribution in [3.8, 4) is 5.69 Å². The van der Waals surface area contributed by atoms with Crippen LogP contribution in [0.1, 0.15) is 24.5 Å². The van der Waals surface area contributed by atoms with Gasteiger partial charge in [-0.25, -0.2) is 4.79 Å². The lowest BCUT2D eigenvalue weighted by Crippen LogP contribution is -2.40. The van der Waals surface area contributed by atoms with Crippen molar-refractivity contribution >= 4 is 23.7 Å². The number of carbonyl (C=O) groups excluding carboxylic acids is 2. The number of hydrogen-bond donors (Lipinski definition) is 2. The zero-order valence-corrected chi connectivity index (χ0v) is 14.8. The van der Waals surface area contributed by atoms with Gasteiger partial charge in [-0.05, 0) is 31.9 Å². The highest BCUT2D eigenvalue weighted by atomic mass is 32.2. The first-order chi connectivity index (χ1) is 11.5. The van der Waals surface area contributed by atoms with Gasteiger partial charge in [0.2, 0.25) is 5.91 Å². The second-order valence-corrected chi connectivity index (χ2v) is 6.31. The Hall–Kier alpha value is -2.35. The quantitative estimate of drug-likeness (QED) is 0.782. The molecule has 0 radical (unpaired) electrons. The minimum atomic E-state index is -0.474. The molecule has 8 heteroatoms. The van der Waals surface area contributed by atoms with Gasteiger partial charge in [0.05, 0.1) is 11.4 Å². The van der Waals surface area contributed by atoms with Crippen LogP contribution in [0, 0.1) is 13.8 Å². The Bertz CT molecular complexity index is 729. The Morgan fingerprint density at radius 3 is 2.79 bits per heavy atom. The maximum absolute atomic E-state index is 11.8. The van der Waals surface area contributed by atoms with E-state index in [1.165, 1.54) is 17.3 Å². The minimum Gasteiger partial charge on any atom is -0.338 e. The van der Waals surface area contributed by atoms with Crippen LogP contribution in [-0.2, 0) is 4.79 Å². The molecule has 0 spiro atoms. The average Bonchev–Trinajstić information content (AvgIpc) is 2.99. The molecule has 2 rings (SSSR count). The third-order valence-corrected chi connectivity index (χ3v) is 4.19. The van der Waals surface area contributed by atoms with E-state index in [-0.39, 0.29) is 11.7 Å². The number of imide groups is 1. The molecule has 3 amide bonds. The lowest BCUT2D eigenvalue weighted by atomic mass is 10.1. The van der Waals surface area contributed by atoms with E-state index in [1.54, 1.807) is 6.33 Å². The maximum atomic E-state index is 11.8. The largest absolute Gasteiger partial charge is 0.338 e. The summed E-state index contributed by atoms with van der Waals surface area (Å²) in [5.74, 6) is -0.285. The fourth-order valence-corrected chi connectivity index (χ4v) is 2.86. The van der Waals surface area contributed by atoms with Crippen LogP contribution in [0.2, 0.25) is 0 Å². The van der Waals surface area contributed by atoms with Crippen molar-refractivity contribution in [1.82, 2.24) is 25.4 Å². The monoisotopic (exact) mass is 347 g/mol. The number of aryl methyl sites for hydroxylation is 2. The molecule has 0 unspecified atom stereocenters. The highest BCUT2D eigenvalue weighted by Crippen LogP contribution is 2.22. The topological polar surface area (TPSA) is 88.9 Å². The molecule has 1 aromatic heterocycles. The van der Waals surface area contributed by atoms with Gasteiger partial charge in [-0.1, -0.05) is 36.4 Å². The first kappa shape index (κ1) is 18.0. The predicted octanol–water partition coefficient (Wildman–Crippen LogP) is 2.21. The van der Waals surface area contributed by atoms with Crippen molar-refractivity contribution in [2.45, 2.75) is 32.3 Å². The molecule has 0 aliphatic heterocycles. The molecule has 1 heterocycles. The summed E-state index contributed by atoms with van der Waals surface area (Å²) in [6.07, 6.45) is 2.43. The van der Waals surface area contributed by atoms with Crippen molar-refractivity contribution in [3.63, 3.8) is 0 Å². The summed E-state index contributed by atoms with van der Waals surface area (Å²) < 4.78 is 1.84. The van der Waals surface area contributed by atoms with Crippen molar-refractivity contribution in [1.29, 1.82) is 0 Å². The van der Waals surface area contributed by atoms with Crippen LogP contribution >= 0.6 is 11.8 Å². The van der Waals surface area contributed by atoms with Crippen LogP contribution in [0.15, 0.2) is 29.7 Å². The Labute approximate surface area is 145 Å². The normalized spacial score (nSPS) is 10.5. The standard InChI is InChI=1S/C16H21N5O2S/c1-4-7-17-15(23)19-14(22)9-24-16-20-18-10-21(16)13-6-5-11(2)8-12(13)3/h5-6,8,10H,4,7,9H2,1-3H3,(H2,17,19,22,23). The zero-order chi connectivity index (χ0) is 17.5. The van der Waals surface area contributed by atoms with E-state index in [2.05, 4.69) is 26.9 Å². The molecule has 128 valence electrons. The van der Waals surface area contributed by atoms with Gasteiger partial charge >= 0.3 is 6.03 Å². The summed E-state index contributed by atoms with van der Waals surface area (Å²) in [6, 6.07) is 5.62. The molecule has 0 bridgehead atoms. The van der Waals surface area contributed by atoms with Gasteiger partial charge in [0.15, 0.2) is 5.16 Å². The van der Waals surface area contributed by atoms with Crippen LogP contribution in [0.5, 0.6) is 0 Å². The van der Waals surface area contributed by atoms with Gasteiger partial charge in [-0.2, -0.15) is 0 Å². The Kier molecular flexibility index (Phi) is 6.36. The second-order valence-electron chi connectivity index (χ2n) is 5.37. The summed E-state index contributed by atoms with van der Waals surface area (Å²) in [5, 5.41) is 13.5. The number of amides is 3. The predicted molar refractivity (Wildman–Crippen MR) is 93.4 cm³/mol. The summed E-state index contributed by atoms with van der Waals surface area (Å²) in [6.45, 7) is 6.53. The van der Waals surface area contributed by atoms with Crippen LogP contribution in [0.25, 0.3) is 5.69 Å². The summed E-state index contributed by atoms with van der Waals surface area (Å²) in [7, 11) is 0. The van der Waals surface area contributed by atoms with Crippen LogP contribution in [-0.4, -0.2) is 39.0 Å². The third-order valence-electron chi connectivity index (χ3n) is 3.25. The number of nitrogens with one attached hydrogen (secondary N) is 2. The molecular weight excluding hydrogens is 326 g/mol. The summed E-state index contributed by atoms with van der Waals surface area (Å²) >= 11 is 1.23. The third kappa shape index (κ3) is 4.82. The van der Waals surface area contributed by atoms with Gasteiger partial charge < -0.3 is 5.32 Å². The van der Waals surface area contributed by atoms with E-state index >= 15 is 0 Å². The van der Waals surface area contributed by atoms with E-state index in [1.807, 2.05) is 37.5 Å². The van der Waals surface area contributed by atoms with Crippen molar-refractivity contribution in [3.05, 3.63) is 35.7 Å². The molecule has 0 saturated heterocycles. The zero-order valence-electron chi connectivity index (χ0n) is 14.0. The second kappa shape index (κ2) is 8.49. The highest BCUT2D eigenvalue weighted by Gasteiger charge is 2.13. The van der Waals surface area contributed by atoms with E-state index in [0.717, 1.165) is 17.7 Å². The maximum Gasteiger partial charge on any atom is 0.321 e. The minimum absolute atomic E-state index is 0.0865. The summed E-state index contributed by atoms with van der Waals surface area (Å²) in [5.41, 5.74) is 3.24. The van der Waals surface area contributed by atoms with Crippen LogP contribution < -0.4 is 10.6 Å². The lowest BCUT2D eigenvalue weighted by Gasteiger charge is -2.10. The van der Waals surface area contributed by atoms with E-state index in [4.69, 9.17) is 0 Å². The number of nitrogens with zero attached hydrogens (tertiary/aromatic N) is 3. The van der Waals surface area contributed by atoms with Gasteiger partial charge in [0, 0.05) is 6.54 Å². The van der Waals surface area contributed by atoms with Crippen molar-refractivity contribution in [2.75, 3.05) is 12.3 Å². The van der Waals surface area contributed by atoms with Crippen LogP contribution in [0.4, 0.5) is 4.79 Å². The molecule has 1 aromatic carbocycles. The number of thioether (sulfide) groups is 1. The molecule has 2 N–H and O–H groups in total. The first-order valence-electron chi connectivity index (χ1n) is 7.69. The Morgan fingerprint density at radius 2 is 2.08 bits per heavy atom. The molecule has 2 aromatic rings. The first-order valence-corrected chi connectivity index (χ1v) is 8.68. The Morgan fingerprint density at radius 1 is 1.29 bits per heavy atom. The Balaban J connectivity index is 1.98. The van der Waals surface area contributed by atoms with E-state index < -0.39 is 6.03 Å². The molecular formula is C16H21N5O2S. The number of rotatable bonds is 6. The smallest absolute Gasteiger partial charge is 0.321 e. The number of carbonyl (C=O) groups is 2. The number of hydrogen-bond acceptors (Lipinski definition) is 5. The molecule has 0 atom stereocenters. The van der Waals surface area contributed by atoms with E-state index in [0.29, 0.717) is 11.7 Å². The number of urea groups is 1. The lowest BCUT2D eigenvalue weighted by molar-refractivity contribution is -0.117. The molecule has 0 fully saturated rings. The molecule has 0 aliphatic rings. The van der Waals surface area contributed by atoms with Crippen molar-refractivity contribution in [2.24, 2.45) is 0 Å². The molecule has 24 heavy (non-hydrogen) atoms. The van der Waals surface area contributed by atoms with Crippen LogP contribution in [0.3, 0.4) is 0 Å². The fourth-order valence-electron chi connectivity index (χ4n) is 2.14. The molecule has 7 nitrogen and oxygen atoms in total. The number of aromatic nitrogens is 3. The number of benzene rings is 1. The van der Waals surface area contributed by atoms with Gasteiger partial charge in [-0.3, -0.25) is 14.7 Å². The highest BCUT2D eigenvalue weighted by molar-refractivity contribution is 7.99. The van der Waals surface area contributed by atoms with Gasteiger partial charge in [0.1, 0.15) is 6.33 Å². The summed E-state index contributed by atoms with van der Waals surface area (Å²) in [4.78, 5) is 23.3.